The lowest BCUT2D eigenvalue weighted by Gasteiger charge is -2.05. The van der Waals surface area contributed by atoms with E-state index in [0.717, 1.165) is 22.6 Å². The minimum Gasteiger partial charge on any atom is -0.477 e. The number of pyridine rings is 1. The van der Waals surface area contributed by atoms with E-state index in [9.17, 15) is 4.79 Å². The van der Waals surface area contributed by atoms with Crippen LogP contribution in [0, 0.1) is 6.92 Å². The van der Waals surface area contributed by atoms with Gasteiger partial charge in [0.2, 0.25) is 5.88 Å². The third kappa shape index (κ3) is 2.34. The highest BCUT2D eigenvalue weighted by Gasteiger charge is 2.13. The number of aryl methyl sites for hydroxylation is 1. The van der Waals surface area contributed by atoms with E-state index in [2.05, 4.69) is 9.97 Å². The Morgan fingerprint density at radius 1 is 1.53 bits per heavy atom. The first kappa shape index (κ1) is 11.7. The SMILES string of the molecule is CCOc1ncccc1-c1nc(C)c(C=O)s1. The minimum absolute atomic E-state index is 0.551. The topological polar surface area (TPSA) is 52.1 Å². The fraction of sp³-hybridized carbons (Fsp3) is 0.250. The molecule has 0 saturated carbocycles. The second kappa shape index (κ2) is 5.05. The second-order valence-corrected chi connectivity index (χ2v) is 4.41. The summed E-state index contributed by atoms with van der Waals surface area (Å²) in [6, 6.07) is 3.72. The molecule has 88 valence electrons. The highest BCUT2D eigenvalue weighted by molar-refractivity contribution is 7.16. The number of thiazole rings is 1. The number of rotatable bonds is 4. The molecule has 0 atom stereocenters. The number of aromatic nitrogens is 2. The normalized spacial score (nSPS) is 10.2. The molecule has 0 aromatic carbocycles. The Labute approximate surface area is 103 Å². The molecule has 2 rings (SSSR count). The summed E-state index contributed by atoms with van der Waals surface area (Å²) < 4.78 is 5.44. The molecule has 17 heavy (non-hydrogen) atoms. The third-order valence-electron chi connectivity index (χ3n) is 2.22. The molecule has 2 aromatic rings. The maximum atomic E-state index is 10.8. The molecule has 0 aliphatic rings. The highest BCUT2D eigenvalue weighted by Crippen LogP contribution is 2.32. The summed E-state index contributed by atoms with van der Waals surface area (Å²) >= 11 is 1.35. The van der Waals surface area contributed by atoms with Crippen molar-refractivity contribution in [3.05, 3.63) is 28.9 Å². The highest BCUT2D eigenvalue weighted by atomic mass is 32.1. The van der Waals surface area contributed by atoms with Crippen LogP contribution in [-0.2, 0) is 0 Å². The van der Waals surface area contributed by atoms with Gasteiger partial charge in [0, 0.05) is 6.20 Å². The van der Waals surface area contributed by atoms with Crippen molar-refractivity contribution in [3.8, 4) is 16.5 Å². The summed E-state index contributed by atoms with van der Waals surface area (Å²) in [6.07, 6.45) is 2.50. The van der Waals surface area contributed by atoms with Gasteiger partial charge in [0.15, 0.2) is 6.29 Å². The Balaban J connectivity index is 2.48. The molecular formula is C12H12N2O2S. The predicted molar refractivity (Wildman–Crippen MR) is 66.6 cm³/mol. The fourth-order valence-corrected chi connectivity index (χ4v) is 2.34. The number of nitrogens with zero attached hydrogens (tertiary/aromatic N) is 2. The first-order valence-corrected chi connectivity index (χ1v) is 6.08. The smallest absolute Gasteiger partial charge is 0.223 e. The number of ether oxygens (including phenoxy) is 1. The van der Waals surface area contributed by atoms with Crippen molar-refractivity contribution >= 4 is 17.6 Å². The number of carbonyl (C=O) groups excluding carboxylic acids is 1. The molecule has 5 heteroatoms. The molecule has 0 amide bonds. The maximum absolute atomic E-state index is 10.8. The number of aldehydes is 1. The molecule has 0 aliphatic heterocycles. The summed E-state index contributed by atoms with van der Waals surface area (Å²) in [7, 11) is 0. The van der Waals surface area contributed by atoms with Crippen LogP contribution in [0.25, 0.3) is 10.6 Å². The summed E-state index contributed by atoms with van der Waals surface area (Å²) in [5, 5.41) is 0.765. The molecule has 0 spiro atoms. The van der Waals surface area contributed by atoms with Crippen LogP contribution in [0.1, 0.15) is 22.3 Å². The van der Waals surface area contributed by atoms with Gasteiger partial charge < -0.3 is 4.74 Å². The third-order valence-corrected chi connectivity index (χ3v) is 3.34. The van der Waals surface area contributed by atoms with Gasteiger partial charge in [-0.1, -0.05) is 0 Å². The Bertz CT molecular complexity index is 537. The lowest BCUT2D eigenvalue weighted by molar-refractivity contribution is 0.112. The monoisotopic (exact) mass is 248 g/mol. The van der Waals surface area contributed by atoms with Crippen LogP contribution in [0.3, 0.4) is 0 Å². The second-order valence-electron chi connectivity index (χ2n) is 3.38. The Kier molecular flexibility index (Phi) is 3.49. The lowest BCUT2D eigenvalue weighted by atomic mass is 10.3. The quantitative estimate of drug-likeness (QED) is 0.781. The molecule has 4 nitrogen and oxygen atoms in total. The van der Waals surface area contributed by atoms with Gasteiger partial charge in [-0.05, 0) is 26.0 Å². The van der Waals surface area contributed by atoms with Crippen LogP contribution in [0.15, 0.2) is 18.3 Å². The average molecular weight is 248 g/mol. The van der Waals surface area contributed by atoms with Crippen molar-refractivity contribution in [3.63, 3.8) is 0 Å². The van der Waals surface area contributed by atoms with Crippen LogP contribution >= 0.6 is 11.3 Å². The van der Waals surface area contributed by atoms with Crippen LogP contribution in [0.4, 0.5) is 0 Å². The molecule has 0 unspecified atom stereocenters. The summed E-state index contributed by atoms with van der Waals surface area (Å²) in [5.41, 5.74) is 1.57. The molecule has 0 bridgehead atoms. The maximum Gasteiger partial charge on any atom is 0.223 e. The fourth-order valence-electron chi connectivity index (χ4n) is 1.44. The van der Waals surface area contributed by atoms with Gasteiger partial charge in [-0.2, -0.15) is 0 Å². The van der Waals surface area contributed by atoms with Gasteiger partial charge in [0.05, 0.1) is 22.7 Å². The zero-order chi connectivity index (χ0) is 12.3. The van der Waals surface area contributed by atoms with Crippen molar-refractivity contribution < 1.29 is 9.53 Å². The van der Waals surface area contributed by atoms with Crippen molar-refractivity contribution in [2.45, 2.75) is 13.8 Å². The Morgan fingerprint density at radius 3 is 3.00 bits per heavy atom. The lowest BCUT2D eigenvalue weighted by Crippen LogP contribution is -1.96. The Morgan fingerprint density at radius 2 is 2.35 bits per heavy atom. The van der Waals surface area contributed by atoms with Gasteiger partial charge >= 0.3 is 0 Å². The van der Waals surface area contributed by atoms with Crippen molar-refractivity contribution in [1.29, 1.82) is 0 Å². The summed E-state index contributed by atoms with van der Waals surface area (Å²) in [6.45, 7) is 4.28. The zero-order valence-corrected chi connectivity index (χ0v) is 10.5. The van der Waals surface area contributed by atoms with E-state index in [0.29, 0.717) is 17.4 Å². The zero-order valence-electron chi connectivity index (χ0n) is 9.64. The van der Waals surface area contributed by atoms with Crippen LogP contribution < -0.4 is 4.74 Å². The molecule has 2 heterocycles. The van der Waals surface area contributed by atoms with Crippen LogP contribution in [0.5, 0.6) is 5.88 Å². The van der Waals surface area contributed by atoms with Gasteiger partial charge in [0.1, 0.15) is 5.01 Å². The molecular weight excluding hydrogens is 236 g/mol. The molecule has 0 saturated heterocycles. The summed E-state index contributed by atoms with van der Waals surface area (Å²) in [5.74, 6) is 0.557. The number of carbonyl (C=O) groups is 1. The first-order valence-electron chi connectivity index (χ1n) is 5.27. The van der Waals surface area contributed by atoms with Crippen LogP contribution in [0.2, 0.25) is 0 Å². The van der Waals surface area contributed by atoms with Crippen molar-refractivity contribution in [2.75, 3.05) is 6.61 Å². The molecule has 0 radical (unpaired) electrons. The van der Waals surface area contributed by atoms with E-state index in [1.165, 1.54) is 11.3 Å². The number of hydrogen-bond acceptors (Lipinski definition) is 5. The van der Waals surface area contributed by atoms with E-state index < -0.39 is 0 Å². The van der Waals surface area contributed by atoms with E-state index in [-0.39, 0.29) is 0 Å². The number of hydrogen-bond donors (Lipinski definition) is 0. The molecule has 0 aliphatic carbocycles. The van der Waals surface area contributed by atoms with Crippen molar-refractivity contribution in [2.24, 2.45) is 0 Å². The first-order chi connectivity index (χ1) is 8.26. The van der Waals surface area contributed by atoms with E-state index in [1.54, 1.807) is 6.20 Å². The predicted octanol–water partition coefficient (Wildman–Crippen LogP) is 2.72. The van der Waals surface area contributed by atoms with Gasteiger partial charge in [-0.25, -0.2) is 9.97 Å². The van der Waals surface area contributed by atoms with Gasteiger partial charge in [-0.3, -0.25) is 4.79 Å². The largest absolute Gasteiger partial charge is 0.477 e. The standard InChI is InChI=1S/C12H12N2O2S/c1-3-16-11-9(5-4-6-13-11)12-14-8(2)10(7-15)17-12/h4-7H,3H2,1-2H3. The molecule has 2 aromatic heterocycles. The van der Waals surface area contributed by atoms with Crippen LogP contribution in [-0.4, -0.2) is 22.9 Å². The van der Waals surface area contributed by atoms with Gasteiger partial charge in [-0.15, -0.1) is 11.3 Å². The molecule has 0 N–H and O–H groups in total. The Hall–Kier alpha value is -1.75. The summed E-state index contributed by atoms with van der Waals surface area (Å²) in [4.78, 5) is 20.0. The van der Waals surface area contributed by atoms with Gasteiger partial charge in [0.25, 0.3) is 0 Å². The minimum atomic E-state index is 0.551. The van der Waals surface area contributed by atoms with E-state index >= 15 is 0 Å². The molecule has 0 fully saturated rings. The average Bonchev–Trinajstić information content (AvgIpc) is 2.71. The van der Waals surface area contributed by atoms with E-state index in [4.69, 9.17) is 4.74 Å². The van der Waals surface area contributed by atoms with E-state index in [1.807, 2.05) is 26.0 Å². The van der Waals surface area contributed by atoms with Crippen molar-refractivity contribution in [1.82, 2.24) is 9.97 Å².